The first-order valence-corrected chi connectivity index (χ1v) is 16.9. The molecule has 0 aliphatic carbocycles. The number of nitrogens with two attached hydrogens (primary N) is 1. The van der Waals surface area contributed by atoms with E-state index >= 15 is 0 Å². The monoisotopic (exact) mass is 718 g/mol. The Morgan fingerprint density at radius 1 is 1.14 bits per heavy atom. The number of nitrogens with one attached hydrogen (secondary N) is 1. The average molecular weight is 719 g/mol. The molecule has 3 heterocycles. The van der Waals surface area contributed by atoms with Gasteiger partial charge >= 0.3 is 25.7 Å². The van der Waals surface area contributed by atoms with Gasteiger partial charge in [0.25, 0.3) is 0 Å². The van der Waals surface area contributed by atoms with Crippen molar-refractivity contribution in [2.45, 2.75) is 63.6 Å². The number of ether oxygens (including phenoxy) is 2. The van der Waals surface area contributed by atoms with Gasteiger partial charge in [0, 0.05) is 12.2 Å². The predicted octanol–water partition coefficient (Wildman–Crippen LogP) is 2.02. The Morgan fingerprint density at radius 3 is 2.36 bits per heavy atom. The number of aliphatic hydroxyl groups is 2. The molecule has 0 amide bonds. The number of carbonyl (C=O) groups is 3. The topological polar surface area (TPSA) is 278 Å². The van der Waals surface area contributed by atoms with Gasteiger partial charge in [-0.3, -0.25) is 9.32 Å². The molecule has 0 radical (unpaired) electrons. The van der Waals surface area contributed by atoms with Gasteiger partial charge in [-0.15, -0.1) is 0 Å². The van der Waals surface area contributed by atoms with Gasteiger partial charge in [-0.2, -0.15) is 15.4 Å². The summed E-state index contributed by atoms with van der Waals surface area (Å²) in [6.07, 6.45) is -0.753. The molecule has 1 aliphatic rings. The van der Waals surface area contributed by atoms with Crippen LogP contribution in [0.3, 0.4) is 0 Å². The molecule has 6 atom stereocenters. The maximum absolute atomic E-state index is 13.9. The highest BCUT2D eigenvalue weighted by molar-refractivity contribution is 7.52. The standard InChI is InChI=1S/C27H35N6O8P.C4H4O4/c1-4-18(5-2)13-38-26(36)17(3)32-42(37,41-19-9-7-6-8-10-19)39-14-21-23(34)24(35)27(15-28,40-21)22-12-11-20-25(29)30-16-31-33(20)22;5-3(6)1-2-4(7)8/h6-12,16-18,21,23-24,34-35H,4-5,13-14H2,1-3H3,(H,32,37)(H2,29,30,31);1-2H,(H,5,6)(H,7,8)/b;2-1-/t17-,21+,23+,24+,27-,42?;/m0./s1. The highest BCUT2D eigenvalue weighted by Crippen LogP contribution is 2.47. The zero-order valence-electron chi connectivity index (χ0n) is 27.4. The summed E-state index contributed by atoms with van der Waals surface area (Å²) < 4.78 is 37.8. The number of aliphatic hydroxyl groups excluding tert-OH is 2. The molecule has 2 aromatic heterocycles. The molecule has 1 unspecified atom stereocenters. The molecular formula is C31H39N6O12P. The van der Waals surface area contributed by atoms with Crippen LogP contribution in [0, 0.1) is 17.2 Å². The van der Waals surface area contributed by atoms with E-state index in [2.05, 4.69) is 15.2 Å². The van der Waals surface area contributed by atoms with E-state index in [-0.39, 0.29) is 29.8 Å². The van der Waals surface area contributed by atoms with Crippen LogP contribution in [0.4, 0.5) is 5.82 Å². The smallest absolute Gasteiger partial charge is 0.459 e. The van der Waals surface area contributed by atoms with Crippen LogP contribution in [0.15, 0.2) is 60.9 Å². The molecule has 7 N–H and O–H groups in total. The molecule has 270 valence electrons. The SMILES string of the molecule is CCC(CC)COC(=O)[C@H](C)NP(=O)(OC[C@H]1O[C@@](C#N)(c2ccc3c(N)ncnn23)[C@H](O)[C@@H]1O)Oc1ccccc1.O=C(O)/C=C\C(=O)O. The van der Waals surface area contributed by atoms with E-state index in [4.69, 9.17) is 34.5 Å². The molecule has 1 fully saturated rings. The molecule has 4 rings (SSSR count). The minimum absolute atomic E-state index is 0.0961. The van der Waals surface area contributed by atoms with Gasteiger partial charge in [-0.05, 0) is 37.1 Å². The second-order valence-corrected chi connectivity index (χ2v) is 12.7. The van der Waals surface area contributed by atoms with Gasteiger partial charge in [0.2, 0.25) is 5.60 Å². The third-order valence-corrected chi connectivity index (χ3v) is 9.20. The number of aliphatic carboxylic acids is 2. The van der Waals surface area contributed by atoms with Crippen molar-refractivity contribution in [3.8, 4) is 11.8 Å². The lowest BCUT2D eigenvalue weighted by molar-refractivity contribution is -0.146. The van der Waals surface area contributed by atoms with Crippen LogP contribution >= 0.6 is 7.75 Å². The quantitative estimate of drug-likeness (QED) is 0.0744. The molecule has 0 saturated carbocycles. The second-order valence-electron chi connectivity index (χ2n) is 11.0. The Bertz CT molecular complexity index is 1730. The number of aromatic nitrogens is 3. The lowest BCUT2D eigenvalue weighted by Crippen LogP contribution is -2.41. The number of anilines is 1. The summed E-state index contributed by atoms with van der Waals surface area (Å²) in [5.41, 5.74) is 4.28. The minimum atomic E-state index is -4.32. The number of hydrogen-bond donors (Lipinski definition) is 6. The first-order valence-electron chi connectivity index (χ1n) is 15.3. The summed E-state index contributed by atoms with van der Waals surface area (Å²) in [4.78, 5) is 35.7. The fourth-order valence-corrected chi connectivity index (χ4v) is 6.22. The summed E-state index contributed by atoms with van der Waals surface area (Å²) in [6.45, 7) is 5.08. The molecule has 19 heteroatoms. The van der Waals surface area contributed by atoms with Crippen LogP contribution in [0.25, 0.3) is 5.52 Å². The van der Waals surface area contributed by atoms with Crippen LogP contribution in [0.2, 0.25) is 0 Å². The van der Waals surface area contributed by atoms with E-state index in [1.807, 2.05) is 19.9 Å². The summed E-state index contributed by atoms with van der Waals surface area (Å²) >= 11 is 0. The van der Waals surface area contributed by atoms with Crippen LogP contribution < -0.4 is 15.3 Å². The molecule has 1 saturated heterocycles. The zero-order chi connectivity index (χ0) is 37.1. The zero-order valence-corrected chi connectivity index (χ0v) is 28.3. The van der Waals surface area contributed by atoms with Crippen molar-refractivity contribution in [3.63, 3.8) is 0 Å². The predicted molar refractivity (Wildman–Crippen MR) is 174 cm³/mol. The van der Waals surface area contributed by atoms with Crippen molar-refractivity contribution in [1.82, 2.24) is 19.7 Å². The van der Waals surface area contributed by atoms with Gasteiger partial charge in [-0.25, -0.2) is 23.7 Å². The Labute approximate surface area is 286 Å². The van der Waals surface area contributed by atoms with E-state index in [1.54, 1.807) is 36.4 Å². The van der Waals surface area contributed by atoms with Crippen LogP contribution in [-0.2, 0) is 38.5 Å². The molecule has 0 bridgehead atoms. The van der Waals surface area contributed by atoms with Crippen molar-refractivity contribution < 1.29 is 57.9 Å². The van der Waals surface area contributed by atoms with E-state index in [0.29, 0.717) is 17.7 Å². The highest BCUT2D eigenvalue weighted by Gasteiger charge is 2.58. The summed E-state index contributed by atoms with van der Waals surface area (Å²) in [6, 6.07) is 12.0. The Kier molecular flexibility index (Phi) is 14.0. The van der Waals surface area contributed by atoms with Crippen molar-refractivity contribution >= 4 is 37.0 Å². The van der Waals surface area contributed by atoms with Gasteiger partial charge in [0.05, 0.1) is 18.9 Å². The van der Waals surface area contributed by atoms with E-state index in [1.165, 1.54) is 23.8 Å². The number of carbonyl (C=O) groups excluding carboxylic acids is 1. The minimum Gasteiger partial charge on any atom is -0.478 e. The van der Waals surface area contributed by atoms with E-state index < -0.39 is 62.2 Å². The number of hydrogen-bond acceptors (Lipinski definition) is 14. The second kappa shape index (κ2) is 17.7. The Hall–Kier alpha value is -4.89. The number of rotatable bonds is 15. The van der Waals surface area contributed by atoms with Gasteiger partial charge < -0.3 is 40.2 Å². The summed E-state index contributed by atoms with van der Waals surface area (Å²) in [5.74, 6) is -2.66. The number of carboxylic acid groups (broad SMARTS) is 2. The lowest BCUT2D eigenvalue weighted by Gasteiger charge is -2.25. The fourth-order valence-electron chi connectivity index (χ4n) is 4.71. The molecular weight excluding hydrogens is 679 g/mol. The number of benzene rings is 1. The number of nitriles is 1. The maximum Gasteiger partial charge on any atom is 0.459 e. The van der Waals surface area contributed by atoms with Gasteiger partial charge in [0.1, 0.15) is 48.0 Å². The lowest BCUT2D eigenvalue weighted by atomic mass is 9.92. The fraction of sp³-hybridized carbons (Fsp3) is 0.419. The average Bonchev–Trinajstić information content (AvgIpc) is 3.64. The maximum atomic E-state index is 13.9. The molecule has 50 heavy (non-hydrogen) atoms. The number of para-hydroxylation sites is 1. The molecule has 1 aromatic carbocycles. The normalized spacial score (nSPS) is 21.9. The first-order chi connectivity index (χ1) is 23.7. The number of nitrogens with zero attached hydrogens (tertiary/aromatic N) is 4. The summed E-state index contributed by atoms with van der Waals surface area (Å²) in [5, 5.41) is 54.3. The largest absolute Gasteiger partial charge is 0.478 e. The van der Waals surface area contributed by atoms with Crippen molar-refractivity contribution in [2.75, 3.05) is 18.9 Å². The molecule has 0 spiro atoms. The number of carboxylic acids is 2. The van der Waals surface area contributed by atoms with Crippen LogP contribution in [0.5, 0.6) is 5.75 Å². The highest BCUT2D eigenvalue weighted by atomic mass is 31.2. The number of nitrogen functional groups attached to an aromatic ring is 1. The van der Waals surface area contributed by atoms with Gasteiger partial charge in [0.15, 0.2) is 5.82 Å². The van der Waals surface area contributed by atoms with E-state index in [0.717, 1.165) is 12.8 Å². The van der Waals surface area contributed by atoms with Crippen molar-refractivity contribution in [3.05, 3.63) is 66.6 Å². The van der Waals surface area contributed by atoms with Crippen LogP contribution in [-0.4, -0.2) is 90.5 Å². The van der Waals surface area contributed by atoms with Crippen molar-refractivity contribution in [2.24, 2.45) is 5.92 Å². The third-order valence-electron chi connectivity index (χ3n) is 7.55. The van der Waals surface area contributed by atoms with E-state index in [9.17, 15) is 34.4 Å². The molecule has 1 aliphatic heterocycles. The Morgan fingerprint density at radius 2 is 1.78 bits per heavy atom. The molecule has 3 aromatic rings. The first kappa shape index (κ1) is 39.5. The third kappa shape index (κ3) is 9.85. The van der Waals surface area contributed by atoms with Crippen molar-refractivity contribution in [1.29, 1.82) is 5.26 Å². The number of fused-ring (bicyclic) bond motifs is 1. The van der Waals surface area contributed by atoms with Gasteiger partial charge in [-0.1, -0.05) is 44.9 Å². The number of esters is 1. The summed E-state index contributed by atoms with van der Waals surface area (Å²) in [7, 11) is -4.32. The Balaban J connectivity index is 0.000000753. The molecule has 18 nitrogen and oxygen atoms in total. The van der Waals surface area contributed by atoms with Crippen LogP contribution in [0.1, 0.15) is 39.3 Å².